The first-order valence-electron chi connectivity index (χ1n) is 13.7. The molecule has 4 atom stereocenters. The molecule has 1 aromatic carbocycles. The summed E-state index contributed by atoms with van der Waals surface area (Å²) in [4.78, 5) is 4.36. The van der Waals surface area contributed by atoms with Crippen molar-refractivity contribution >= 4 is 11.4 Å². The quantitative estimate of drug-likeness (QED) is 0.268. The van der Waals surface area contributed by atoms with Crippen LogP contribution in [0.4, 0.5) is 17.6 Å². The monoisotopic (exact) mass is 542 g/mol. The summed E-state index contributed by atoms with van der Waals surface area (Å²) < 4.78 is 58.3. The molecule has 3 aliphatic carbocycles. The molecule has 40 heavy (non-hydrogen) atoms. The summed E-state index contributed by atoms with van der Waals surface area (Å²) >= 11 is 0. The van der Waals surface area contributed by atoms with E-state index in [9.17, 15) is 13.2 Å². The van der Waals surface area contributed by atoms with Gasteiger partial charge in [0, 0.05) is 41.3 Å². The zero-order chi connectivity index (χ0) is 27.8. The van der Waals surface area contributed by atoms with E-state index in [1.54, 1.807) is 11.1 Å². The number of fused-ring (bicyclic) bond motifs is 9. The number of allylic oxidation sites excluding steroid dienone is 10. The van der Waals surface area contributed by atoms with E-state index in [1.165, 1.54) is 0 Å². The number of hydrogen-bond acceptors (Lipinski definition) is 4. The van der Waals surface area contributed by atoms with Crippen molar-refractivity contribution in [2.45, 2.75) is 62.3 Å². The van der Waals surface area contributed by atoms with Gasteiger partial charge in [-0.15, -0.1) is 0 Å². The van der Waals surface area contributed by atoms with Gasteiger partial charge in [-0.3, -0.25) is 0 Å². The second-order valence-corrected chi connectivity index (χ2v) is 12.7. The smallest absolute Gasteiger partial charge is 0.336 e. The molecule has 1 spiro atoms. The predicted molar refractivity (Wildman–Crippen MR) is 144 cm³/mol. The molecule has 4 unspecified atom stereocenters. The van der Waals surface area contributed by atoms with Crippen molar-refractivity contribution in [2.24, 2.45) is 11.0 Å². The Morgan fingerprint density at radius 1 is 0.975 bits per heavy atom. The Labute approximate surface area is 229 Å². The summed E-state index contributed by atoms with van der Waals surface area (Å²) in [6, 6.07) is 3.42. The molecule has 0 N–H and O–H groups in total. The molecule has 4 nitrogen and oxygen atoms in total. The molecule has 8 heteroatoms. The van der Waals surface area contributed by atoms with E-state index in [4.69, 9.17) is 0 Å². The third-order valence-corrected chi connectivity index (χ3v) is 11.1. The van der Waals surface area contributed by atoms with Gasteiger partial charge >= 0.3 is 6.18 Å². The van der Waals surface area contributed by atoms with Crippen LogP contribution in [0.3, 0.4) is 0 Å². The van der Waals surface area contributed by atoms with E-state index in [2.05, 4.69) is 67.0 Å². The van der Waals surface area contributed by atoms with Gasteiger partial charge in [-0.2, -0.15) is 18.3 Å². The second-order valence-electron chi connectivity index (χ2n) is 12.7. The van der Waals surface area contributed by atoms with Crippen LogP contribution < -0.4 is 0 Å². The normalized spacial score (nSPS) is 36.2. The molecule has 8 aliphatic rings. The number of alkyl halides is 3. The number of nitrogens with zero attached hydrogens (tertiary/aromatic N) is 4. The molecule has 202 valence electrons. The Morgan fingerprint density at radius 3 is 2.55 bits per heavy atom. The van der Waals surface area contributed by atoms with Crippen molar-refractivity contribution in [3.8, 4) is 0 Å². The Kier molecular flexibility index (Phi) is 3.58. The highest BCUT2D eigenvalue weighted by atomic mass is 19.4. The van der Waals surface area contributed by atoms with Crippen LogP contribution in [0.15, 0.2) is 94.7 Å². The lowest BCUT2D eigenvalue weighted by Gasteiger charge is -2.51. The van der Waals surface area contributed by atoms with Crippen LogP contribution in [-0.4, -0.2) is 37.9 Å². The number of halogens is 4. The maximum atomic E-state index is 16.0. The number of benzene rings is 1. The first kappa shape index (κ1) is 22.9. The van der Waals surface area contributed by atoms with E-state index >= 15 is 4.39 Å². The Hall–Kier alpha value is -3.81. The van der Waals surface area contributed by atoms with E-state index in [0.717, 1.165) is 33.7 Å². The lowest BCUT2D eigenvalue weighted by molar-refractivity contribution is -0.0604. The summed E-state index contributed by atoms with van der Waals surface area (Å²) in [7, 11) is 0. The van der Waals surface area contributed by atoms with Crippen LogP contribution in [0, 0.1) is 11.7 Å². The first-order valence-corrected chi connectivity index (χ1v) is 13.7. The molecule has 1 fully saturated rings. The average Bonchev–Trinajstić information content (AvgIpc) is 3.22. The van der Waals surface area contributed by atoms with Crippen molar-refractivity contribution in [1.82, 2.24) is 14.8 Å². The van der Waals surface area contributed by atoms with Crippen LogP contribution in [0.25, 0.3) is 5.70 Å². The maximum Gasteiger partial charge on any atom is 0.431 e. The van der Waals surface area contributed by atoms with Gasteiger partial charge in [0.15, 0.2) is 5.66 Å². The van der Waals surface area contributed by atoms with Gasteiger partial charge in [0.1, 0.15) is 17.1 Å². The van der Waals surface area contributed by atoms with Gasteiger partial charge in [-0.05, 0) is 48.8 Å². The molecule has 1 aromatic rings. The summed E-state index contributed by atoms with van der Waals surface area (Å²) in [5.41, 5.74) is 3.15. The fraction of sp³-hybridized carbons (Fsp3) is 0.344. The van der Waals surface area contributed by atoms with Gasteiger partial charge in [0.25, 0.3) is 0 Å². The minimum absolute atomic E-state index is 0.0460. The van der Waals surface area contributed by atoms with Crippen molar-refractivity contribution in [3.63, 3.8) is 0 Å². The molecule has 0 aromatic heterocycles. The number of rotatable bonds is 0. The average molecular weight is 543 g/mol. The highest BCUT2D eigenvalue weighted by Gasteiger charge is 2.94. The van der Waals surface area contributed by atoms with E-state index in [1.807, 2.05) is 36.6 Å². The topological polar surface area (TPSA) is 22.1 Å². The number of hydrogen-bond donors (Lipinski definition) is 0. The molecule has 0 bridgehead atoms. The van der Waals surface area contributed by atoms with E-state index in [0.29, 0.717) is 11.3 Å². The van der Waals surface area contributed by atoms with Crippen LogP contribution in [0.2, 0.25) is 0 Å². The zero-order valence-electron chi connectivity index (χ0n) is 22.4. The highest BCUT2D eigenvalue weighted by Crippen LogP contribution is 2.81. The minimum atomic E-state index is -4.53. The SMILES string of the molecule is CC1(C)C2=CC=CC3C=CN4C(=C23)c2c(ccc(F)c21)C1(C)C4(C)C12N1C=CC=CC1=C1CC(C(F)(F)F)=NN12. The third-order valence-electron chi connectivity index (χ3n) is 11.1. The largest absolute Gasteiger partial charge is 0.431 e. The molecule has 9 rings (SSSR count). The van der Waals surface area contributed by atoms with Crippen molar-refractivity contribution in [3.05, 3.63) is 112 Å². The number of hydrazone groups is 1. The lowest BCUT2D eigenvalue weighted by Crippen LogP contribution is -2.51. The molecule has 0 radical (unpaired) electrons. The molecule has 0 saturated heterocycles. The molecule has 1 saturated carbocycles. The van der Waals surface area contributed by atoms with Gasteiger partial charge in [-0.25, -0.2) is 9.40 Å². The molecular formula is C32H26F4N4. The molecule has 0 amide bonds. The molecule has 5 aliphatic heterocycles. The van der Waals surface area contributed by atoms with E-state index in [-0.39, 0.29) is 18.2 Å². The predicted octanol–water partition coefficient (Wildman–Crippen LogP) is 6.74. The summed E-state index contributed by atoms with van der Waals surface area (Å²) in [5, 5.41) is 6.00. The standard InChI is InChI=1S/C32H26F4N4/c1-28(2)18-9-7-8-17-13-15-39-27(24(17)18)25-19(11-12-20(33)26(25)28)29(3)30(39,4)32(29)38-14-6-5-10-21(38)22-16-23(31(34,35)36)37-40(22)32/h5-15,17H,16H2,1-4H3. The third kappa shape index (κ3) is 1.97. The van der Waals surface area contributed by atoms with Crippen LogP contribution in [0.1, 0.15) is 50.8 Å². The van der Waals surface area contributed by atoms with Crippen molar-refractivity contribution in [1.29, 1.82) is 0 Å². The van der Waals surface area contributed by atoms with Crippen LogP contribution >= 0.6 is 0 Å². The summed E-state index contributed by atoms with van der Waals surface area (Å²) in [6.07, 6.45) is 13.4. The van der Waals surface area contributed by atoms with Gasteiger partial charge in [0.05, 0.1) is 22.5 Å². The molecular weight excluding hydrogens is 516 g/mol. The van der Waals surface area contributed by atoms with E-state index < -0.39 is 33.9 Å². The maximum absolute atomic E-state index is 16.0. The Balaban J connectivity index is 1.40. The van der Waals surface area contributed by atoms with Gasteiger partial charge in [-0.1, -0.05) is 50.3 Å². The Bertz CT molecular complexity index is 1760. The highest BCUT2D eigenvalue weighted by molar-refractivity contribution is 5.95. The minimum Gasteiger partial charge on any atom is -0.336 e. The second kappa shape index (κ2) is 6.24. The van der Waals surface area contributed by atoms with Crippen molar-refractivity contribution in [2.75, 3.05) is 0 Å². The molecule has 5 heterocycles. The lowest BCUT2D eigenvalue weighted by atomic mass is 9.60. The van der Waals surface area contributed by atoms with Crippen LogP contribution in [0.5, 0.6) is 0 Å². The first-order chi connectivity index (χ1) is 18.9. The Morgan fingerprint density at radius 2 is 1.77 bits per heavy atom. The zero-order valence-corrected chi connectivity index (χ0v) is 22.4. The van der Waals surface area contributed by atoms with Gasteiger partial charge < -0.3 is 9.80 Å². The summed E-state index contributed by atoms with van der Waals surface area (Å²) in [6.45, 7) is 8.40. The summed E-state index contributed by atoms with van der Waals surface area (Å²) in [5.74, 6) is -0.214. The fourth-order valence-corrected chi connectivity index (χ4v) is 9.35. The van der Waals surface area contributed by atoms with Gasteiger partial charge in [0.2, 0.25) is 0 Å². The van der Waals surface area contributed by atoms with Crippen molar-refractivity contribution < 1.29 is 17.6 Å². The van der Waals surface area contributed by atoms with Crippen LogP contribution in [-0.2, 0) is 10.8 Å². The fourth-order valence-electron chi connectivity index (χ4n) is 9.35.